The average Bonchev–Trinajstić information content (AvgIpc) is 2.50. The molecular formula is C17H9BrClNO. The highest BCUT2D eigenvalue weighted by atomic mass is 79.9. The average molecular weight is 359 g/mol. The maximum absolute atomic E-state index is 9.19. The zero-order valence-corrected chi connectivity index (χ0v) is 13.1. The van der Waals surface area contributed by atoms with E-state index in [1.807, 2.05) is 36.4 Å². The van der Waals surface area contributed by atoms with Crippen LogP contribution in [-0.4, -0.2) is 0 Å². The van der Waals surface area contributed by atoms with E-state index in [0.717, 1.165) is 15.2 Å². The molecule has 0 heterocycles. The van der Waals surface area contributed by atoms with Crippen molar-refractivity contribution in [3.8, 4) is 17.6 Å². The zero-order valence-electron chi connectivity index (χ0n) is 10.8. The van der Waals surface area contributed by atoms with E-state index < -0.39 is 0 Å². The van der Waals surface area contributed by atoms with Crippen molar-refractivity contribution in [1.82, 2.24) is 0 Å². The molecule has 0 bridgehead atoms. The van der Waals surface area contributed by atoms with Gasteiger partial charge in [0.25, 0.3) is 0 Å². The quantitative estimate of drug-likeness (QED) is 0.569. The minimum absolute atomic E-state index is 0.333. The molecule has 0 aromatic heterocycles. The van der Waals surface area contributed by atoms with Gasteiger partial charge in [-0.3, -0.25) is 0 Å². The Labute approximate surface area is 135 Å². The molecule has 2 nitrogen and oxygen atoms in total. The van der Waals surface area contributed by atoms with Gasteiger partial charge in [-0.15, -0.1) is 0 Å². The number of hydrogen-bond donors (Lipinski definition) is 0. The van der Waals surface area contributed by atoms with Gasteiger partial charge in [0.2, 0.25) is 0 Å². The summed E-state index contributed by atoms with van der Waals surface area (Å²) in [5.74, 6) is 1.09. The van der Waals surface area contributed by atoms with E-state index in [0.29, 0.717) is 22.1 Å². The highest BCUT2D eigenvalue weighted by Crippen LogP contribution is 2.37. The summed E-state index contributed by atoms with van der Waals surface area (Å²) >= 11 is 9.58. The Hall–Kier alpha value is -2.02. The largest absolute Gasteiger partial charge is 0.455 e. The summed E-state index contributed by atoms with van der Waals surface area (Å²) in [5, 5.41) is 11.7. The van der Waals surface area contributed by atoms with Crippen LogP contribution in [0.2, 0.25) is 5.02 Å². The van der Waals surface area contributed by atoms with E-state index in [4.69, 9.17) is 16.3 Å². The number of ether oxygens (including phenoxy) is 1. The lowest BCUT2D eigenvalue weighted by atomic mass is 10.1. The zero-order chi connectivity index (χ0) is 14.8. The predicted octanol–water partition coefficient (Wildman–Crippen LogP) is 5.92. The first-order valence-corrected chi connectivity index (χ1v) is 7.41. The molecule has 0 amide bonds. The Morgan fingerprint density at radius 3 is 2.57 bits per heavy atom. The summed E-state index contributed by atoms with van der Waals surface area (Å²) in [6.45, 7) is 0. The van der Waals surface area contributed by atoms with E-state index in [9.17, 15) is 5.26 Å². The van der Waals surface area contributed by atoms with Crippen LogP contribution < -0.4 is 4.74 Å². The molecule has 0 radical (unpaired) electrons. The number of benzene rings is 3. The molecule has 0 saturated heterocycles. The molecule has 3 aromatic carbocycles. The molecule has 0 aliphatic carbocycles. The second-order valence-electron chi connectivity index (χ2n) is 4.43. The van der Waals surface area contributed by atoms with Gasteiger partial charge in [0.1, 0.15) is 23.1 Å². The molecule has 0 spiro atoms. The topological polar surface area (TPSA) is 33.0 Å². The van der Waals surface area contributed by atoms with Crippen LogP contribution in [0.5, 0.6) is 11.5 Å². The Balaban J connectivity index is 2.09. The van der Waals surface area contributed by atoms with Gasteiger partial charge in [-0.25, -0.2) is 0 Å². The summed E-state index contributed by atoms with van der Waals surface area (Å²) < 4.78 is 6.72. The van der Waals surface area contributed by atoms with Gasteiger partial charge in [-0.05, 0) is 44.9 Å². The first-order valence-electron chi connectivity index (χ1n) is 6.24. The lowest BCUT2D eigenvalue weighted by Crippen LogP contribution is -1.90. The van der Waals surface area contributed by atoms with Crippen LogP contribution in [0.15, 0.2) is 59.1 Å². The van der Waals surface area contributed by atoms with Crippen LogP contribution in [-0.2, 0) is 0 Å². The monoisotopic (exact) mass is 357 g/mol. The molecule has 21 heavy (non-hydrogen) atoms. The van der Waals surface area contributed by atoms with Crippen molar-refractivity contribution in [1.29, 1.82) is 5.26 Å². The van der Waals surface area contributed by atoms with E-state index >= 15 is 0 Å². The summed E-state index contributed by atoms with van der Waals surface area (Å²) in [6.07, 6.45) is 0. The van der Waals surface area contributed by atoms with Crippen molar-refractivity contribution in [3.05, 3.63) is 69.7 Å². The standard InChI is InChI=1S/C17H9BrClNO/c18-17-12-5-2-1-4-11(12)8-9-16(17)21-15-7-3-6-14(19)13(15)10-20/h1-9H. The molecule has 3 aromatic rings. The maximum Gasteiger partial charge on any atom is 0.146 e. The summed E-state index contributed by atoms with van der Waals surface area (Å²) in [4.78, 5) is 0. The van der Waals surface area contributed by atoms with Gasteiger partial charge in [0.15, 0.2) is 0 Å². The van der Waals surface area contributed by atoms with Gasteiger partial charge in [-0.2, -0.15) is 5.26 Å². The van der Waals surface area contributed by atoms with Gasteiger partial charge >= 0.3 is 0 Å². The Morgan fingerprint density at radius 1 is 0.952 bits per heavy atom. The van der Waals surface area contributed by atoms with E-state index in [-0.39, 0.29) is 0 Å². The predicted molar refractivity (Wildman–Crippen MR) is 87.9 cm³/mol. The van der Waals surface area contributed by atoms with Crippen molar-refractivity contribution < 1.29 is 4.74 Å². The minimum atomic E-state index is 0.333. The van der Waals surface area contributed by atoms with Gasteiger partial charge in [0.05, 0.1) is 9.50 Å². The molecule has 0 aliphatic rings. The highest BCUT2D eigenvalue weighted by Gasteiger charge is 2.11. The Kier molecular flexibility index (Phi) is 3.83. The Morgan fingerprint density at radius 2 is 1.76 bits per heavy atom. The Bertz CT molecular complexity index is 870. The highest BCUT2D eigenvalue weighted by molar-refractivity contribution is 9.10. The molecular weight excluding hydrogens is 350 g/mol. The molecule has 102 valence electrons. The third kappa shape index (κ3) is 2.61. The van der Waals surface area contributed by atoms with Crippen molar-refractivity contribution in [2.24, 2.45) is 0 Å². The van der Waals surface area contributed by atoms with Crippen molar-refractivity contribution >= 4 is 38.3 Å². The molecule has 0 aliphatic heterocycles. The minimum Gasteiger partial charge on any atom is -0.455 e. The van der Waals surface area contributed by atoms with Crippen LogP contribution >= 0.6 is 27.5 Å². The second kappa shape index (κ2) is 5.77. The summed E-state index contributed by atoms with van der Waals surface area (Å²) in [6, 6.07) is 19.1. The van der Waals surface area contributed by atoms with Gasteiger partial charge in [0, 0.05) is 0 Å². The van der Waals surface area contributed by atoms with Crippen molar-refractivity contribution in [2.75, 3.05) is 0 Å². The molecule has 3 rings (SSSR count). The summed E-state index contributed by atoms with van der Waals surface area (Å²) in [5.41, 5.74) is 0.333. The fourth-order valence-corrected chi connectivity index (χ4v) is 2.89. The fourth-order valence-electron chi connectivity index (χ4n) is 2.11. The van der Waals surface area contributed by atoms with Gasteiger partial charge in [-0.1, -0.05) is 48.0 Å². The van der Waals surface area contributed by atoms with Crippen LogP contribution in [0.3, 0.4) is 0 Å². The molecule has 0 atom stereocenters. The maximum atomic E-state index is 9.19. The number of nitrogens with zero attached hydrogens (tertiary/aromatic N) is 1. The van der Waals surface area contributed by atoms with Crippen molar-refractivity contribution in [2.45, 2.75) is 0 Å². The lowest BCUT2D eigenvalue weighted by molar-refractivity contribution is 0.479. The fraction of sp³-hybridized carbons (Fsp3) is 0. The van der Waals surface area contributed by atoms with Crippen LogP contribution in [0, 0.1) is 11.3 Å². The molecule has 0 N–H and O–H groups in total. The number of halogens is 2. The third-order valence-electron chi connectivity index (χ3n) is 3.13. The van der Waals surface area contributed by atoms with Crippen LogP contribution in [0.25, 0.3) is 10.8 Å². The lowest BCUT2D eigenvalue weighted by Gasteiger charge is -2.11. The molecule has 0 saturated carbocycles. The van der Waals surface area contributed by atoms with E-state index in [1.165, 1.54) is 0 Å². The molecule has 4 heteroatoms. The van der Waals surface area contributed by atoms with Crippen LogP contribution in [0.1, 0.15) is 5.56 Å². The normalized spacial score (nSPS) is 10.3. The SMILES string of the molecule is N#Cc1c(Cl)cccc1Oc1ccc2ccccc2c1Br. The molecule has 0 unspecified atom stereocenters. The third-order valence-corrected chi connectivity index (χ3v) is 4.27. The molecule has 0 fully saturated rings. The van der Waals surface area contributed by atoms with E-state index in [1.54, 1.807) is 18.2 Å². The number of hydrogen-bond acceptors (Lipinski definition) is 2. The van der Waals surface area contributed by atoms with E-state index in [2.05, 4.69) is 22.0 Å². The van der Waals surface area contributed by atoms with Gasteiger partial charge < -0.3 is 4.74 Å². The number of nitriles is 1. The first-order chi connectivity index (χ1) is 10.2. The first kappa shape index (κ1) is 13.9. The number of rotatable bonds is 2. The van der Waals surface area contributed by atoms with Crippen molar-refractivity contribution in [3.63, 3.8) is 0 Å². The summed E-state index contributed by atoms with van der Waals surface area (Å²) in [7, 11) is 0. The smallest absolute Gasteiger partial charge is 0.146 e. The van der Waals surface area contributed by atoms with Crippen LogP contribution in [0.4, 0.5) is 0 Å². The second-order valence-corrected chi connectivity index (χ2v) is 5.63. The number of fused-ring (bicyclic) bond motifs is 1.